The Morgan fingerprint density at radius 1 is 0.429 bits per heavy atom. The third-order valence-electron chi connectivity index (χ3n) is 9.13. The van der Waals surface area contributed by atoms with Crippen LogP contribution in [0.2, 0.25) is 0 Å². The zero-order chi connectivity index (χ0) is 22.7. The van der Waals surface area contributed by atoms with Gasteiger partial charge in [-0.25, -0.2) is 9.78 Å². The second-order valence-corrected chi connectivity index (χ2v) is 12.4. The van der Waals surface area contributed by atoms with Crippen molar-refractivity contribution in [1.82, 2.24) is 0 Å². The van der Waals surface area contributed by atoms with Crippen molar-refractivity contribution in [3.8, 4) is 0 Å². The van der Waals surface area contributed by atoms with Crippen molar-refractivity contribution in [1.29, 1.82) is 0 Å². The van der Waals surface area contributed by atoms with Crippen LogP contribution in [0.15, 0.2) is 0 Å². The van der Waals surface area contributed by atoms with Crippen LogP contribution in [0.5, 0.6) is 0 Å². The minimum atomic E-state index is 0.0611. The Balaban J connectivity index is 5.62. The summed E-state index contributed by atoms with van der Waals surface area (Å²) in [5.41, 5.74) is 0.755. The quantitative estimate of drug-likeness (QED) is 0.197. The van der Waals surface area contributed by atoms with Gasteiger partial charge in [0.05, 0.1) is 13.2 Å². The Kier molecular flexibility index (Phi) is 9.35. The average molecular weight is 399 g/mol. The maximum absolute atomic E-state index is 6.10. The van der Waals surface area contributed by atoms with Gasteiger partial charge in [-0.2, -0.15) is 0 Å². The monoisotopic (exact) mass is 398 g/mol. The van der Waals surface area contributed by atoms with Crippen LogP contribution in [-0.2, 0) is 9.78 Å². The van der Waals surface area contributed by atoms with Gasteiger partial charge in [-0.05, 0) is 34.5 Å². The van der Waals surface area contributed by atoms with Gasteiger partial charge in [-0.15, -0.1) is 0 Å². The fourth-order valence-electron chi connectivity index (χ4n) is 6.04. The molecule has 0 saturated carbocycles. The second kappa shape index (κ2) is 9.38. The molecule has 0 aliphatic rings. The normalized spacial score (nSPS) is 18.6. The maximum atomic E-state index is 6.10. The van der Waals surface area contributed by atoms with Crippen LogP contribution in [0, 0.1) is 32.5 Å². The Bertz CT molecular complexity index is 420. The molecule has 2 unspecified atom stereocenters. The smallest absolute Gasteiger partial charge is 0.0888 e. The molecule has 0 aliphatic carbocycles. The predicted molar refractivity (Wildman–Crippen MR) is 124 cm³/mol. The first-order valence-electron chi connectivity index (χ1n) is 11.7. The van der Waals surface area contributed by atoms with Gasteiger partial charge in [0.15, 0.2) is 0 Å². The lowest BCUT2D eigenvalue weighted by atomic mass is 9.51. The lowest BCUT2D eigenvalue weighted by Gasteiger charge is -2.55. The highest BCUT2D eigenvalue weighted by Crippen LogP contribution is 2.57. The molecule has 0 radical (unpaired) electrons. The molecule has 0 saturated heterocycles. The van der Waals surface area contributed by atoms with Gasteiger partial charge < -0.3 is 0 Å². The number of rotatable bonds is 11. The molecule has 2 heteroatoms. The van der Waals surface area contributed by atoms with Crippen molar-refractivity contribution in [2.75, 3.05) is 13.2 Å². The molecule has 0 aromatic carbocycles. The molecule has 170 valence electrons. The molecule has 0 N–H and O–H groups in total. The van der Waals surface area contributed by atoms with Crippen molar-refractivity contribution in [3.63, 3.8) is 0 Å². The molecule has 0 bridgehead atoms. The SMILES string of the molecule is CCC(C)(C)C(CC)(COOCC(CC)(C(C)(C)C)C(C)(C)CC)C(C)(C)C. The van der Waals surface area contributed by atoms with Crippen LogP contribution >= 0.6 is 0 Å². The highest BCUT2D eigenvalue weighted by molar-refractivity contribution is 5.00. The molecular formula is C26H54O2. The maximum Gasteiger partial charge on any atom is 0.0888 e. The number of hydrogen-bond acceptors (Lipinski definition) is 2. The Hall–Kier alpha value is -0.0800. The fraction of sp³-hybridized carbons (Fsp3) is 1.00. The van der Waals surface area contributed by atoms with E-state index in [4.69, 9.17) is 9.78 Å². The first kappa shape index (κ1) is 27.9. The summed E-state index contributed by atoms with van der Waals surface area (Å²) >= 11 is 0. The lowest BCUT2D eigenvalue weighted by Crippen LogP contribution is -2.52. The van der Waals surface area contributed by atoms with Gasteiger partial charge in [-0.3, -0.25) is 0 Å². The summed E-state index contributed by atoms with van der Waals surface area (Å²) in [5, 5.41) is 0. The molecule has 0 rings (SSSR count). The van der Waals surface area contributed by atoms with E-state index < -0.39 is 0 Å². The van der Waals surface area contributed by atoms with E-state index in [2.05, 4.69) is 96.9 Å². The third kappa shape index (κ3) is 4.97. The van der Waals surface area contributed by atoms with Crippen molar-refractivity contribution in [2.45, 2.75) is 123 Å². The van der Waals surface area contributed by atoms with E-state index in [0.717, 1.165) is 25.7 Å². The predicted octanol–water partition coefficient (Wildman–Crippen LogP) is 8.69. The Morgan fingerprint density at radius 3 is 0.821 bits per heavy atom. The second-order valence-electron chi connectivity index (χ2n) is 12.4. The van der Waals surface area contributed by atoms with Crippen LogP contribution in [0.3, 0.4) is 0 Å². The van der Waals surface area contributed by atoms with Crippen LogP contribution < -0.4 is 0 Å². The van der Waals surface area contributed by atoms with Crippen LogP contribution in [0.1, 0.15) is 123 Å². The molecule has 0 amide bonds. The molecule has 0 aliphatic heterocycles. The largest absolute Gasteiger partial charge is 0.236 e. The molecule has 2 atom stereocenters. The van der Waals surface area contributed by atoms with Crippen molar-refractivity contribution in [2.24, 2.45) is 32.5 Å². The van der Waals surface area contributed by atoms with Crippen LogP contribution in [0.4, 0.5) is 0 Å². The Labute approximate surface area is 178 Å². The van der Waals surface area contributed by atoms with Crippen LogP contribution in [0.25, 0.3) is 0 Å². The highest BCUT2D eigenvalue weighted by atomic mass is 17.2. The number of hydrogen-bond donors (Lipinski definition) is 0. The summed E-state index contributed by atoms with van der Waals surface area (Å²) in [6.07, 6.45) is 4.43. The van der Waals surface area contributed by atoms with Gasteiger partial charge in [0.1, 0.15) is 0 Å². The van der Waals surface area contributed by atoms with E-state index in [9.17, 15) is 0 Å². The topological polar surface area (TPSA) is 18.5 Å². The lowest BCUT2D eigenvalue weighted by molar-refractivity contribution is -0.352. The van der Waals surface area contributed by atoms with E-state index in [1.165, 1.54) is 0 Å². The summed E-state index contributed by atoms with van der Waals surface area (Å²) in [5.74, 6) is 0. The molecule has 28 heavy (non-hydrogen) atoms. The van der Waals surface area contributed by atoms with Gasteiger partial charge in [0.25, 0.3) is 0 Å². The van der Waals surface area contributed by atoms with Gasteiger partial charge in [-0.1, -0.05) is 110 Å². The van der Waals surface area contributed by atoms with Gasteiger partial charge in [0.2, 0.25) is 0 Å². The first-order valence-corrected chi connectivity index (χ1v) is 11.7. The van der Waals surface area contributed by atoms with E-state index in [0.29, 0.717) is 13.2 Å². The summed E-state index contributed by atoms with van der Waals surface area (Å²) in [6, 6.07) is 0. The molecule has 0 aromatic heterocycles. The standard InChI is InChI=1S/C26H54O2/c1-15-23(11,12)25(17-3,21(5,6)7)19-27-28-20-26(18-4,22(8,9)10)24(13,14)16-2/h15-20H2,1-14H3. The van der Waals surface area contributed by atoms with E-state index in [1.54, 1.807) is 0 Å². The summed E-state index contributed by atoms with van der Waals surface area (Å²) < 4.78 is 0. The van der Waals surface area contributed by atoms with E-state index in [-0.39, 0.29) is 32.5 Å². The molecule has 0 spiro atoms. The molecule has 0 fully saturated rings. The highest BCUT2D eigenvalue weighted by Gasteiger charge is 2.53. The Morgan fingerprint density at radius 2 is 0.679 bits per heavy atom. The van der Waals surface area contributed by atoms with E-state index in [1.807, 2.05) is 0 Å². The minimum Gasteiger partial charge on any atom is -0.236 e. The zero-order valence-corrected chi connectivity index (χ0v) is 22.1. The van der Waals surface area contributed by atoms with Crippen molar-refractivity contribution in [3.05, 3.63) is 0 Å². The van der Waals surface area contributed by atoms with Crippen molar-refractivity contribution >= 4 is 0 Å². The average Bonchev–Trinajstić information content (AvgIpc) is 2.55. The fourth-order valence-corrected chi connectivity index (χ4v) is 6.04. The zero-order valence-electron chi connectivity index (χ0n) is 22.1. The molecule has 2 nitrogen and oxygen atoms in total. The summed E-state index contributed by atoms with van der Waals surface area (Å²) in [6.45, 7) is 34.1. The molecular weight excluding hydrogens is 344 g/mol. The molecule has 0 aromatic rings. The van der Waals surface area contributed by atoms with Crippen LogP contribution in [-0.4, -0.2) is 13.2 Å². The van der Waals surface area contributed by atoms with Gasteiger partial charge >= 0.3 is 0 Å². The minimum absolute atomic E-state index is 0.0611. The molecule has 0 heterocycles. The first-order chi connectivity index (χ1) is 12.4. The third-order valence-corrected chi connectivity index (χ3v) is 9.13. The summed E-state index contributed by atoms with van der Waals surface area (Å²) in [7, 11) is 0. The van der Waals surface area contributed by atoms with Crippen molar-refractivity contribution < 1.29 is 9.78 Å². The van der Waals surface area contributed by atoms with E-state index >= 15 is 0 Å². The van der Waals surface area contributed by atoms with Gasteiger partial charge in [0, 0.05) is 10.8 Å². The summed E-state index contributed by atoms with van der Waals surface area (Å²) in [4.78, 5) is 12.2.